The zero-order chi connectivity index (χ0) is 14.5. The first-order chi connectivity index (χ1) is 9.58. The van der Waals surface area contributed by atoms with Gasteiger partial charge in [-0.25, -0.2) is 4.63 Å². The Morgan fingerprint density at radius 3 is 2.60 bits per heavy atom. The molecule has 0 radical (unpaired) electrons. The minimum Gasteiger partial charge on any atom is -0.379 e. The molecular weight excluding hydrogens is 258 g/mol. The Bertz CT molecular complexity index is 567. The van der Waals surface area contributed by atoms with Gasteiger partial charge in [0.1, 0.15) is 0 Å². The van der Waals surface area contributed by atoms with E-state index in [-0.39, 0.29) is 17.6 Å². The number of amides is 1. The first kappa shape index (κ1) is 14.0. The number of nitrogen functional groups attached to an aromatic ring is 1. The number of aromatic nitrogens is 2. The summed E-state index contributed by atoms with van der Waals surface area (Å²) in [4.78, 5) is 14.1. The van der Waals surface area contributed by atoms with Crippen molar-refractivity contribution >= 4 is 11.7 Å². The van der Waals surface area contributed by atoms with E-state index in [1.165, 1.54) is 0 Å². The number of anilines is 1. The van der Waals surface area contributed by atoms with Crippen molar-refractivity contribution in [1.82, 2.24) is 20.5 Å². The summed E-state index contributed by atoms with van der Waals surface area (Å²) in [6.07, 6.45) is 0. The minimum absolute atomic E-state index is 0.00434. The van der Waals surface area contributed by atoms with Crippen LogP contribution in [0.4, 0.5) is 5.82 Å². The maximum Gasteiger partial charge on any atom is 0.277 e. The summed E-state index contributed by atoms with van der Waals surface area (Å²) >= 11 is 0. The van der Waals surface area contributed by atoms with Crippen LogP contribution in [-0.4, -0.2) is 41.8 Å². The maximum atomic E-state index is 12.1. The highest BCUT2D eigenvalue weighted by Crippen LogP contribution is 2.15. The van der Waals surface area contributed by atoms with E-state index in [1.54, 1.807) is 0 Å². The van der Waals surface area contributed by atoms with Crippen LogP contribution in [0.2, 0.25) is 0 Å². The van der Waals surface area contributed by atoms with Gasteiger partial charge in [0.15, 0.2) is 0 Å². The van der Waals surface area contributed by atoms with E-state index in [9.17, 15) is 4.79 Å². The molecule has 106 valence electrons. The zero-order valence-corrected chi connectivity index (χ0v) is 11.4. The van der Waals surface area contributed by atoms with Gasteiger partial charge in [-0.15, -0.1) is 0 Å². The second kappa shape index (κ2) is 6.16. The molecule has 0 bridgehead atoms. The summed E-state index contributed by atoms with van der Waals surface area (Å²) in [7, 11) is 3.88. The fraction of sp³-hybridized carbons (Fsp3) is 0.308. The van der Waals surface area contributed by atoms with Crippen molar-refractivity contribution in [2.24, 2.45) is 0 Å². The van der Waals surface area contributed by atoms with Gasteiger partial charge in [0.25, 0.3) is 5.91 Å². The monoisotopic (exact) mass is 275 g/mol. The van der Waals surface area contributed by atoms with Gasteiger partial charge in [-0.05, 0) is 30.0 Å². The maximum absolute atomic E-state index is 12.1. The molecule has 0 aliphatic heterocycles. The molecule has 1 heterocycles. The van der Waals surface area contributed by atoms with Crippen LogP contribution in [0.3, 0.4) is 0 Å². The lowest BCUT2D eigenvalue weighted by atomic mass is 10.1. The average molecular weight is 275 g/mol. The van der Waals surface area contributed by atoms with Crippen LogP contribution in [0.1, 0.15) is 22.1 Å². The highest BCUT2D eigenvalue weighted by atomic mass is 16.6. The lowest BCUT2D eigenvalue weighted by Gasteiger charge is -2.22. The zero-order valence-electron chi connectivity index (χ0n) is 11.4. The standard InChI is InChI=1S/C13H17N5O2/c1-18(2)8-10(9-6-4-3-5-7-9)15-13(19)11-12(14)17-20-16-11/h3-7,10H,8H2,1-2H3,(H2,14,17)(H,15,19)/t10-/m1/s1. The summed E-state index contributed by atoms with van der Waals surface area (Å²) in [5, 5.41) is 9.79. The van der Waals surface area contributed by atoms with E-state index in [2.05, 4.69) is 20.3 Å². The predicted molar refractivity (Wildman–Crippen MR) is 73.9 cm³/mol. The van der Waals surface area contributed by atoms with Gasteiger partial charge < -0.3 is 16.0 Å². The molecule has 0 aliphatic rings. The molecule has 0 spiro atoms. The Morgan fingerprint density at radius 2 is 2.05 bits per heavy atom. The van der Waals surface area contributed by atoms with Crippen molar-refractivity contribution < 1.29 is 9.42 Å². The van der Waals surface area contributed by atoms with Gasteiger partial charge in [-0.1, -0.05) is 30.3 Å². The van der Waals surface area contributed by atoms with Gasteiger partial charge >= 0.3 is 0 Å². The molecule has 3 N–H and O–H groups in total. The number of nitrogens with one attached hydrogen (secondary N) is 1. The molecular formula is C13H17N5O2. The van der Waals surface area contributed by atoms with Crippen LogP contribution >= 0.6 is 0 Å². The fourth-order valence-electron chi connectivity index (χ4n) is 1.86. The predicted octanol–water partition coefficient (Wildman–Crippen LogP) is 0.684. The number of rotatable bonds is 5. The smallest absolute Gasteiger partial charge is 0.277 e. The average Bonchev–Trinajstić information content (AvgIpc) is 2.85. The van der Waals surface area contributed by atoms with Gasteiger partial charge in [0.05, 0.1) is 6.04 Å². The van der Waals surface area contributed by atoms with E-state index in [0.29, 0.717) is 6.54 Å². The molecule has 1 aromatic heterocycles. The molecule has 7 nitrogen and oxygen atoms in total. The fourth-order valence-corrected chi connectivity index (χ4v) is 1.86. The number of carbonyl (C=O) groups excluding carboxylic acids is 1. The number of nitrogens with two attached hydrogens (primary N) is 1. The SMILES string of the molecule is CN(C)C[C@@H](NC(=O)c1nonc1N)c1ccccc1. The van der Waals surface area contributed by atoms with Crippen LogP contribution in [0.25, 0.3) is 0 Å². The summed E-state index contributed by atoms with van der Waals surface area (Å²) < 4.78 is 4.44. The molecule has 2 aromatic rings. The van der Waals surface area contributed by atoms with E-state index < -0.39 is 5.91 Å². The molecule has 0 unspecified atom stereocenters. The third-order valence-corrected chi connectivity index (χ3v) is 2.78. The summed E-state index contributed by atoms with van der Waals surface area (Å²) in [5.74, 6) is -0.418. The van der Waals surface area contributed by atoms with Crippen molar-refractivity contribution in [2.45, 2.75) is 6.04 Å². The van der Waals surface area contributed by atoms with Gasteiger partial charge in [-0.2, -0.15) is 0 Å². The topological polar surface area (TPSA) is 97.3 Å². The normalized spacial score (nSPS) is 12.3. The number of carbonyl (C=O) groups is 1. The van der Waals surface area contributed by atoms with Crippen molar-refractivity contribution in [1.29, 1.82) is 0 Å². The minimum atomic E-state index is -0.403. The molecule has 0 fully saturated rings. The van der Waals surface area contributed by atoms with Crippen molar-refractivity contribution in [3.05, 3.63) is 41.6 Å². The summed E-state index contributed by atoms with van der Waals surface area (Å²) in [6.45, 7) is 0.654. The van der Waals surface area contributed by atoms with Crippen molar-refractivity contribution in [3.8, 4) is 0 Å². The highest BCUT2D eigenvalue weighted by molar-refractivity contribution is 5.96. The van der Waals surface area contributed by atoms with E-state index >= 15 is 0 Å². The van der Waals surface area contributed by atoms with Gasteiger partial charge in [-0.3, -0.25) is 4.79 Å². The highest BCUT2D eigenvalue weighted by Gasteiger charge is 2.21. The summed E-state index contributed by atoms with van der Waals surface area (Å²) in [6, 6.07) is 9.52. The third kappa shape index (κ3) is 3.33. The first-order valence-corrected chi connectivity index (χ1v) is 6.16. The Balaban J connectivity index is 2.16. The number of likely N-dealkylation sites (N-methyl/N-ethyl adjacent to an activating group) is 1. The molecule has 7 heteroatoms. The van der Waals surface area contributed by atoms with Crippen LogP contribution in [0.15, 0.2) is 35.0 Å². The molecule has 1 amide bonds. The van der Waals surface area contributed by atoms with E-state index in [1.807, 2.05) is 49.3 Å². The molecule has 2 rings (SSSR count). The van der Waals surface area contributed by atoms with Crippen molar-refractivity contribution in [3.63, 3.8) is 0 Å². The molecule has 1 aromatic carbocycles. The Kier molecular flexibility index (Phi) is 4.31. The summed E-state index contributed by atoms with van der Waals surface area (Å²) in [5.41, 5.74) is 6.53. The Labute approximate surface area is 116 Å². The van der Waals surface area contributed by atoms with Crippen LogP contribution in [-0.2, 0) is 0 Å². The van der Waals surface area contributed by atoms with Crippen LogP contribution in [0, 0.1) is 0 Å². The van der Waals surface area contributed by atoms with Gasteiger partial charge in [0, 0.05) is 6.54 Å². The molecule has 1 atom stereocenters. The molecule has 0 aliphatic carbocycles. The van der Waals surface area contributed by atoms with Crippen molar-refractivity contribution in [2.75, 3.05) is 26.4 Å². The lowest BCUT2D eigenvalue weighted by molar-refractivity contribution is 0.0920. The Hall–Kier alpha value is -2.41. The first-order valence-electron chi connectivity index (χ1n) is 6.16. The quantitative estimate of drug-likeness (QED) is 0.833. The Morgan fingerprint density at radius 1 is 1.35 bits per heavy atom. The lowest BCUT2D eigenvalue weighted by Crippen LogP contribution is -2.35. The number of hydrogen-bond donors (Lipinski definition) is 2. The van der Waals surface area contributed by atoms with Crippen LogP contribution < -0.4 is 11.1 Å². The number of benzene rings is 1. The van der Waals surface area contributed by atoms with Gasteiger partial charge in [0.2, 0.25) is 11.5 Å². The number of hydrogen-bond acceptors (Lipinski definition) is 6. The van der Waals surface area contributed by atoms with E-state index in [4.69, 9.17) is 5.73 Å². The second-order valence-electron chi connectivity index (χ2n) is 4.70. The third-order valence-electron chi connectivity index (χ3n) is 2.78. The largest absolute Gasteiger partial charge is 0.379 e. The molecule has 0 saturated heterocycles. The number of nitrogens with zero attached hydrogens (tertiary/aromatic N) is 3. The molecule has 20 heavy (non-hydrogen) atoms. The second-order valence-corrected chi connectivity index (χ2v) is 4.70. The van der Waals surface area contributed by atoms with E-state index in [0.717, 1.165) is 5.56 Å². The molecule has 0 saturated carbocycles. The van der Waals surface area contributed by atoms with Crippen LogP contribution in [0.5, 0.6) is 0 Å².